The molecule has 0 saturated heterocycles. The van der Waals surface area contributed by atoms with Gasteiger partial charge in [-0.2, -0.15) is 0 Å². The normalized spacial score (nSPS) is 11.0. The van der Waals surface area contributed by atoms with Gasteiger partial charge in [0.2, 0.25) is 0 Å². The quantitative estimate of drug-likeness (QED) is 0.677. The summed E-state index contributed by atoms with van der Waals surface area (Å²) in [4.78, 5) is 8.99. The van der Waals surface area contributed by atoms with Crippen molar-refractivity contribution >= 4 is 22.8 Å². The SMILES string of the molecule is Cc1ccnc2c1nc(CCl)n2CCOc1ccccc1. The lowest BCUT2D eigenvalue weighted by molar-refractivity contribution is 0.298. The van der Waals surface area contributed by atoms with Crippen LogP contribution in [0.15, 0.2) is 42.6 Å². The van der Waals surface area contributed by atoms with Gasteiger partial charge in [-0.3, -0.25) is 0 Å². The first-order chi connectivity index (χ1) is 10.3. The van der Waals surface area contributed by atoms with Crippen molar-refractivity contribution in [2.24, 2.45) is 0 Å². The largest absolute Gasteiger partial charge is 0.492 e. The van der Waals surface area contributed by atoms with E-state index in [-0.39, 0.29) is 0 Å². The van der Waals surface area contributed by atoms with Crippen molar-refractivity contribution in [3.05, 3.63) is 54.0 Å². The van der Waals surface area contributed by atoms with E-state index in [2.05, 4.69) is 9.97 Å². The number of halogens is 1. The fourth-order valence-electron chi connectivity index (χ4n) is 2.29. The third-order valence-electron chi connectivity index (χ3n) is 3.36. The van der Waals surface area contributed by atoms with E-state index in [0.717, 1.165) is 28.3 Å². The van der Waals surface area contributed by atoms with E-state index in [9.17, 15) is 0 Å². The van der Waals surface area contributed by atoms with Crippen LogP contribution in [0.25, 0.3) is 11.2 Å². The van der Waals surface area contributed by atoms with Crippen LogP contribution in [-0.2, 0) is 12.4 Å². The highest BCUT2D eigenvalue weighted by Gasteiger charge is 2.12. The molecule has 0 radical (unpaired) electrons. The van der Waals surface area contributed by atoms with Gasteiger partial charge < -0.3 is 9.30 Å². The molecule has 2 aromatic heterocycles. The smallest absolute Gasteiger partial charge is 0.160 e. The molecule has 2 heterocycles. The van der Waals surface area contributed by atoms with E-state index >= 15 is 0 Å². The van der Waals surface area contributed by atoms with Gasteiger partial charge in [0, 0.05) is 6.20 Å². The Morgan fingerprint density at radius 3 is 2.76 bits per heavy atom. The molecule has 0 fully saturated rings. The molecule has 3 rings (SSSR count). The number of aryl methyl sites for hydroxylation is 1. The second-order valence-electron chi connectivity index (χ2n) is 4.77. The average molecular weight is 302 g/mol. The number of imidazole rings is 1. The van der Waals surface area contributed by atoms with Gasteiger partial charge in [-0.05, 0) is 30.7 Å². The molecule has 108 valence electrons. The molecule has 0 spiro atoms. The second-order valence-corrected chi connectivity index (χ2v) is 5.04. The summed E-state index contributed by atoms with van der Waals surface area (Å²) in [7, 11) is 0. The molecule has 3 aromatic rings. The summed E-state index contributed by atoms with van der Waals surface area (Å²) in [5.74, 6) is 2.05. The van der Waals surface area contributed by atoms with Gasteiger partial charge in [0.1, 0.15) is 23.7 Å². The Balaban J connectivity index is 1.81. The number of aromatic nitrogens is 3. The van der Waals surface area contributed by atoms with Crippen molar-refractivity contribution in [1.82, 2.24) is 14.5 Å². The topological polar surface area (TPSA) is 39.9 Å². The van der Waals surface area contributed by atoms with Gasteiger partial charge in [-0.15, -0.1) is 11.6 Å². The Labute approximate surface area is 128 Å². The zero-order chi connectivity index (χ0) is 14.7. The number of rotatable bonds is 5. The van der Waals surface area contributed by atoms with E-state index in [4.69, 9.17) is 16.3 Å². The molecule has 0 aliphatic rings. The number of para-hydroxylation sites is 1. The highest BCUT2D eigenvalue weighted by Crippen LogP contribution is 2.19. The van der Waals surface area contributed by atoms with Gasteiger partial charge >= 0.3 is 0 Å². The molecular formula is C16H16ClN3O. The Morgan fingerprint density at radius 2 is 2.00 bits per heavy atom. The number of hydrogen-bond acceptors (Lipinski definition) is 3. The molecule has 0 bridgehead atoms. The van der Waals surface area contributed by atoms with Gasteiger partial charge in [-0.1, -0.05) is 18.2 Å². The third-order valence-corrected chi connectivity index (χ3v) is 3.60. The lowest BCUT2D eigenvalue weighted by atomic mass is 10.3. The summed E-state index contributed by atoms with van der Waals surface area (Å²) in [5.41, 5.74) is 2.88. The molecule has 5 heteroatoms. The van der Waals surface area contributed by atoms with Crippen molar-refractivity contribution < 1.29 is 4.74 Å². The van der Waals surface area contributed by atoms with Gasteiger partial charge in [-0.25, -0.2) is 9.97 Å². The van der Waals surface area contributed by atoms with Crippen molar-refractivity contribution in [2.45, 2.75) is 19.3 Å². The summed E-state index contributed by atoms with van der Waals surface area (Å²) in [6, 6.07) is 11.7. The number of ether oxygens (including phenoxy) is 1. The lowest BCUT2D eigenvalue weighted by Crippen LogP contribution is -2.11. The molecule has 4 nitrogen and oxygen atoms in total. The molecule has 0 amide bonds. The Bertz CT molecular complexity index is 740. The first-order valence-corrected chi connectivity index (χ1v) is 7.37. The molecular weight excluding hydrogens is 286 g/mol. The number of alkyl halides is 1. The minimum absolute atomic E-state index is 0.362. The van der Waals surface area contributed by atoms with E-state index in [1.165, 1.54) is 0 Å². The molecule has 0 saturated carbocycles. The van der Waals surface area contributed by atoms with E-state index < -0.39 is 0 Å². The van der Waals surface area contributed by atoms with Crippen LogP contribution >= 0.6 is 11.6 Å². The minimum Gasteiger partial charge on any atom is -0.492 e. The highest BCUT2D eigenvalue weighted by atomic mass is 35.5. The zero-order valence-corrected chi connectivity index (χ0v) is 12.5. The van der Waals surface area contributed by atoms with Crippen molar-refractivity contribution in [2.75, 3.05) is 6.61 Å². The molecule has 0 atom stereocenters. The molecule has 0 aliphatic heterocycles. The molecule has 0 aliphatic carbocycles. The first-order valence-electron chi connectivity index (χ1n) is 6.84. The maximum absolute atomic E-state index is 6.00. The van der Waals surface area contributed by atoms with Crippen LogP contribution in [0.2, 0.25) is 0 Å². The van der Waals surface area contributed by atoms with Crippen LogP contribution in [-0.4, -0.2) is 21.1 Å². The van der Waals surface area contributed by atoms with Crippen molar-refractivity contribution in [3.63, 3.8) is 0 Å². The molecule has 0 unspecified atom stereocenters. The molecule has 21 heavy (non-hydrogen) atoms. The van der Waals surface area contributed by atoms with Gasteiger partial charge in [0.15, 0.2) is 5.65 Å². The van der Waals surface area contributed by atoms with Crippen molar-refractivity contribution in [1.29, 1.82) is 0 Å². The van der Waals surface area contributed by atoms with E-state index in [0.29, 0.717) is 19.0 Å². The Kier molecular flexibility index (Phi) is 4.06. The summed E-state index contributed by atoms with van der Waals surface area (Å²) >= 11 is 6.00. The van der Waals surface area contributed by atoms with Crippen LogP contribution in [0, 0.1) is 6.92 Å². The molecule has 0 N–H and O–H groups in total. The third kappa shape index (κ3) is 2.85. The fraction of sp³-hybridized carbons (Fsp3) is 0.250. The van der Waals surface area contributed by atoms with E-state index in [1.807, 2.05) is 47.9 Å². The Morgan fingerprint density at radius 1 is 1.19 bits per heavy atom. The predicted octanol–water partition coefficient (Wildman–Crippen LogP) is 3.56. The maximum atomic E-state index is 6.00. The minimum atomic E-state index is 0.362. The Hall–Kier alpha value is -2.07. The summed E-state index contributed by atoms with van der Waals surface area (Å²) < 4.78 is 7.76. The summed E-state index contributed by atoms with van der Waals surface area (Å²) in [6.07, 6.45) is 1.80. The van der Waals surface area contributed by atoms with Crippen LogP contribution in [0.3, 0.4) is 0 Å². The second kappa shape index (κ2) is 6.14. The predicted molar refractivity (Wildman–Crippen MR) is 83.8 cm³/mol. The monoisotopic (exact) mass is 301 g/mol. The summed E-state index contributed by atoms with van der Waals surface area (Å²) in [5, 5.41) is 0. The number of fused-ring (bicyclic) bond motifs is 1. The maximum Gasteiger partial charge on any atom is 0.160 e. The fourth-order valence-corrected chi connectivity index (χ4v) is 2.50. The van der Waals surface area contributed by atoms with Gasteiger partial charge in [0.05, 0.1) is 12.4 Å². The first kappa shape index (κ1) is 13.9. The van der Waals surface area contributed by atoms with Crippen molar-refractivity contribution in [3.8, 4) is 5.75 Å². The highest BCUT2D eigenvalue weighted by molar-refractivity contribution is 6.16. The van der Waals surface area contributed by atoms with Crippen LogP contribution in [0.4, 0.5) is 0 Å². The van der Waals surface area contributed by atoms with Crippen LogP contribution < -0.4 is 4.74 Å². The average Bonchev–Trinajstić information content (AvgIpc) is 2.88. The number of pyridine rings is 1. The summed E-state index contributed by atoms with van der Waals surface area (Å²) in [6.45, 7) is 3.25. The molecule has 1 aromatic carbocycles. The van der Waals surface area contributed by atoms with Crippen LogP contribution in [0.1, 0.15) is 11.4 Å². The standard InChI is InChI=1S/C16H16ClN3O/c1-12-7-8-18-16-15(12)19-14(11-17)20(16)9-10-21-13-5-3-2-4-6-13/h2-8H,9-11H2,1H3. The lowest BCUT2D eigenvalue weighted by Gasteiger charge is -2.09. The van der Waals surface area contributed by atoms with Gasteiger partial charge in [0.25, 0.3) is 0 Å². The van der Waals surface area contributed by atoms with Crippen LogP contribution in [0.5, 0.6) is 5.75 Å². The zero-order valence-electron chi connectivity index (χ0n) is 11.8. The van der Waals surface area contributed by atoms with E-state index in [1.54, 1.807) is 6.20 Å². The number of benzene rings is 1. The number of hydrogen-bond donors (Lipinski definition) is 0. The number of nitrogens with zero attached hydrogens (tertiary/aromatic N) is 3.